The summed E-state index contributed by atoms with van der Waals surface area (Å²) in [4.78, 5) is 33.4. The lowest BCUT2D eigenvalue weighted by Crippen LogP contribution is -2.45. The van der Waals surface area contributed by atoms with Gasteiger partial charge in [-0.2, -0.15) is 4.90 Å². The van der Waals surface area contributed by atoms with Crippen LogP contribution in [0.5, 0.6) is 0 Å². The first-order valence-electron chi connectivity index (χ1n) is 7.19. The number of terminal acetylenes is 1. The van der Waals surface area contributed by atoms with Crippen molar-refractivity contribution in [2.24, 2.45) is 0 Å². The molecule has 0 aliphatic rings. The zero-order valence-corrected chi connectivity index (χ0v) is 14.7. The van der Waals surface area contributed by atoms with E-state index in [0.717, 1.165) is 0 Å². The van der Waals surface area contributed by atoms with E-state index in [0.29, 0.717) is 4.90 Å². The summed E-state index contributed by atoms with van der Waals surface area (Å²) in [7, 11) is 5.54. The number of carbonyl (C=O) groups is 2. The van der Waals surface area contributed by atoms with E-state index in [1.165, 1.54) is 6.20 Å². The molecule has 0 saturated heterocycles. The molecule has 0 spiro atoms. The molecule has 1 aromatic rings. The molecule has 8 heteroatoms. The number of anilines is 1. The normalized spacial score (nSPS) is 11.4. The van der Waals surface area contributed by atoms with E-state index in [-0.39, 0.29) is 17.1 Å². The smallest absolute Gasteiger partial charge is 0.425 e. The van der Waals surface area contributed by atoms with E-state index in [9.17, 15) is 9.59 Å². The number of rotatable bonds is 1. The molecule has 0 atom stereocenters. The largest absolute Gasteiger partial charge is 0.443 e. The number of imide groups is 1. The Morgan fingerprint density at radius 1 is 1.12 bits per heavy atom. The Morgan fingerprint density at radius 2 is 1.58 bits per heavy atom. The SMILES string of the molecule is [B]c1cnc(N(C(=O)OC(C)(C)C)C(=O)OC(C)(C)C)c(C#C)n1. The topological polar surface area (TPSA) is 81.6 Å². The maximum Gasteiger partial charge on any atom is 0.425 e. The minimum atomic E-state index is -0.979. The second-order valence-corrected chi connectivity index (χ2v) is 6.91. The van der Waals surface area contributed by atoms with E-state index in [4.69, 9.17) is 23.7 Å². The molecule has 0 aliphatic carbocycles. The summed E-state index contributed by atoms with van der Waals surface area (Å²) in [6.45, 7) is 9.97. The standard InChI is InChI=1S/C16H20BN3O4/c1-8-10-12(18-9-11(17)19-10)20(13(21)23-15(2,3)4)14(22)24-16(5,6)7/h1,9H,2-7H3. The van der Waals surface area contributed by atoms with Gasteiger partial charge < -0.3 is 9.47 Å². The third kappa shape index (κ3) is 5.58. The van der Waals surface area contributed by atoms with Gasteiger partial charge in [0.1, 0.15) is 19.0 Å². The van der Waals surface area contributed by atoms with Gasteiger partial charge in [0.15, 0.2) is 11.5 Å². The molecule has 0 saturated carbocycles. The lowest BCUT2D eigenvalue weighted by molar-refractivity contribution is 0.0428. The quantitative estimate of drug-likeness (QED) is 0.578. The number of hydrogen-bond donors (Lipinski definition) is 0. The summed E-state index contributed by atoms with van der Waals surface area (Å²) in [5, 5.41) is 0. The van der Waals surface area contributed by atoms with Gasteiger partial charge in [-0.1, -0.05) is 0 Å². The van der Waals surface area contributed by atoms with Crippen molar-refractivity contribution in [2.75, 3.05) is 4.90 Å². The van der Waals surface area contributed by atoms with Crippen LogP contribution in [0.25, 0.3) is 0 Å². The molecule has 0 bridgehead atoms. The van der Waals surface area contributed by atoms with Crippen molar-refractivity contribution in [2.45, 2.75) is 52.7 Å². The third-order valence-electron chi connectivity index (χ3n) is 2.27. The van der Waals surface area contributed by atoms with Gasteiger partial charge >= 0.3 is 12.2 Å². The number of amides is 2. The average molecular weight is 329 g/mol. The Balaban J connectivity index is 3.36. The third-order valence-corrected chi connectivity index (χ3v) is 2.27. The van der Waals surface area contributed by atoms with Crippen molar-refractivity contribution in [3.05, 3.63) is 11.9 Å². The van der Waals surface area contributed by atoms with E-state index in [1.807, 2.05) is 0 Å². The molecule has 24 heavy (non-hydrogen) atoms. The fraction of sp³-hybridized carbons (Fsp3) is 0.500. The zero-order chi connectivity index (χ0) is 18.7. The van der Waals surface area contributed by atoms with E-state index in [1.54, 1.807) is 41.5 Å². The van der Waals surface area contributed by atoms with Crippen molar-refractivity contribution >= 4 is 31.4 Å². The molecular formula is C16H20BN3O4. The molecule has 7 nitrogen and oxygen atoms in total. The van der Waals surface area contributed by atoms with Crippen LogP contribution in [0, 0.1) is 12.3 Å². The minimum Gasteiger partial charge on any atom is -0.443 e. The first-order chi connectivity index (χ1) is 10.8. The van der Waals surface area contributed by atoms with Gasteiger partial charge in [0, 0.05) is 11.8 Å². The van der Waals surface area contributed by atoms with Crippen LogP contribution >= 0.6 is 0 Å². The van der Waals surface area contributed by atoms with Crippen molar-refractivity contribution in [3.63, 3.8) is 0 Å². The average Bonchev–Trinajstić information content (AvgIpc) is 2.36. The summed E-state index contributed by atoms with van der Waals surface area (Å²) in [6, 6.07) is 0. The Labute approximate surface area is 143 Å². The van der Waals surface area contributed by atoms with Crippen LogP contribution in [0.15, 0.2) is 6.20 Å². The van der Waals surface area contributed by atoms with Gasteiger partial charge in [-0.3, -0.25) is 4.98 Å². The summed E-state index contributed by atoms with van der Waals surface area (Å²) in [5.74, 6) is 2.06. The lowest BCUT2D eigenvalue weighted by atomic mass is 10.1. The van der Waals surface area contributed by atoms with Crippen LogP contribution in [0.4, 0.5) is 15.4 Å². The van der Waals surface area contributed by atoms with Crippen molar-refractivity contribution in [3.8, 4) is 12.3 Å². The molecule has 2 amide bonds. The molecule has 0 unspecified atom stereocenters. The molecular weight excluding hydrogens is 309 g/mol. The highest BCUT2D eigenvalue weighted by atomic mass is 16.6. The highest BCUT2D eigenvalue weighted by molar-refractivity contribution is 6.30. The number of hydrogen-bond acceptors (Lipinski definition) is 6. The van der Waals surface area contributed by atoms with Gasteiger partial charge in [0.2, 0.25) is 0 Å². The number of carbonyl (C=O) groups excluding carboxylic acids is 2. The predicted octanol–water partition coefficient (Wildman–Crippen LogP) is 1.93. The highest BCUT2D eigenvalue weighted by Crippen LogP contribution is 2.21. The van der Waals surface area contributed by atoms with Gasteiger partial charge in [-0.25, -0.2) is 14.6 Å². The Kier molecular flexibility index (Phi) is 5.61. The van der Waals surface area contributed by atoms with Crippen LogP contribution in [0.2, 0.25) is 0 Å². The molecule has 1 aromatic heterocycles. The zero-order valence-electron chi connectivity index (χ0n) is 14.7. The summed E-state index contributed by atoms with van der Waals surface area (Å²) in [6.07, 6.45) is 4.59. The Hall–Kier alpha value is -2.56. The molecule has 126 valence electrons. The molecule has 0 N–H and O–H groups in total. The second-order valence-electron chi connectivity index (χ2n) is 6.91. The van der Waals surface area contributed by atoms with Gasteiger partial charge in [-0.05, 0) is 47.5 Å². The Morgan fingerprint density at radius 3 is 1.96 bits per heavy atom. The number of aromatic nitrogens is 2. The van der Waals surface area contributed by atoms with Crippen LogP contribution < -0.4 is 10.5 Å². The van der Waals surface area contributed by atoms with E-state index >= 15 is 0 Å². The van der Waals surface area contributed by atoms with Gasteiger partial charge in [-0.15, -0.1) is 6.42 Å². The maximum absolute atomic E-state index is 12.5. The molecule has 2 radical (unpaired) electrons. The van der Waals surface area contributed by atoms with Crippen LogP contribution in [0.1, 0.15) is 47.2 Å². The van der Waals surface area contributed by atoms with Crippen LogP contribution in [0.3, 0.4) is 0 Å². The fourth-order valence-electron chi connectivity index (χ4n) is 1.52. The molecule has 1 heterocycles. The summed E-state index contributed by atoms with van der Waals surface area (Å²) < 4.78 is 10.5. The summed E-state index contributed by atoms with van der Waals surface area (Å²) >= 11 is 0. The van der Waals surface area contributed by atoms with Crippen molar-refractivity contribution in [1.82, 2.24) is 9.97 Å². The summed E-state index contributed by atoms with van der Waals surface area (Å²) in [5.41, 5.74) is -1.70. The van der Waals surface area contributed by atoms with Crippen LogP contribution in [-0.2, 0) is 9.47 Å². The van der Waals surface area contributed by atoms with Crippen molar-refractivity contribution in [1.29, 1.82) is 0 Å². The molecule has 0 fully saturated rings. The molecule has 1 rings (SSSR count). The van der Waals surface area contributed by atoms with Gasteiger partial charge in [0.25, 0.3) is 0 Å². The molecule has 0 aromatic carbocycles. The monoisotopic (exact) mass is 329 g/mol. The first kappa shape index (κ1) is 19.5. The second kappa shape index (κ2) is 6.91. The minimum absolute atomic E-state index is 0.0556. The number of nitrogens with zero attached hydrogens (tertiary/aromatic N) is 3. The van der Waals surface area contributed by atoms with Gasteiger partial charge in [0.05, 0.1) is 0 Å². The fourth-order valence-corrected chi connectivity index (χ4v) is 1.52. The highest BCUT2D eigenvalue weighted by Gasteiger charge is 2.35. The maximum atomic E-state index is 12.5. The van der Waals surface area contributed by atoms with Crippen LogP contribution in [-0.4, -0.2) is 41.2 Å². The molecule has 0 aliphatic heterocycles. The van der Waals surface area contributed by atoms with E-state index in [2.05, 4.69) is 15.9 Å². The van der Waals surface area contributed by atoms with E-state index < -0.39 is 23.4 Å². The first-order valence-corrected chi connectivity index (χ1v) is 7.19. The Bertz CT molecular complexity index is 656. The lowest BCUT2D eigenvalue weighted by Gasteiger charge is -2.28. The van der Waals surface area contributed by atoms with Crippen molar-refractivity contribution < 1.29 is 19.1 Å². The predicted molar refractivity (Wildman–Crippen MR) is 90.3 cm³/mol. The number of ether oxygens (including phenoxy) is 2.